The Bertz CT molecular complexity index is 780. The monoisotopic (exact) mass is 347 g/mol. The maximum atomic E-state index is 14.0. The van der Waals surface area contributed by atoms with E-state index in [1.165, 1.54) is 12.8 Å². The van der Waals surface area contributed by atoms with Gasteiger partial charge in [-0.25, -0.2) is 4.39 Å². The van der Waals surface area contributed by atoms with Crippen molar-refractivity contribution in [3.05, 3.63) is 29.7 Å². The van der Waals surface area contributed by atoms with E-state index in [-0.39, 0.29) is 11.9 Å². The molecule has 0 amide bonds. The second-order valence-electron chi connectivity index (χ2n) is 6.78. The molecule has 1 aliphatic carbocycles. The summed E-state index contributed by atoms with van der Waals surface area (Å²) in [7, 11) is 0. The third-order valence-corrected chi connectivity index (χ3v) is 5.98. The number of nitrogens with zero attached hydrogens (tertiary/aromatic N) is 1. The topological polar surface area (TPSA) is 60.4 Å². The molecule has 0 radical (unpaired) electrons. The van der Waals surface area contributed by atoms with Crippen LogP contribution in [0.5, 0.6) is 0 Å². The van der Waals surface area contributed by atoms with Crippen LogP contribution in [0.25, 0.3) is 10.9 Å². The van der Waals surface area contributed by atoms with Crippen molar-refractivity contribution < 1.29 is 9.50 Å². The second kappa shape index (κ2) is 6.41. The number of aromatic nitrogens is 1. The number of aliphatic hydroxyl groups excluding tert-OH is 1. The first-order valence-electron chi connectivity index (χ1n) is 8.58. The standard InChI is InChI=1S/C18H22FN3OS/c1-10(23)16-9-24-18(22-16)15-7-11-6-12(19)8-14(17(11)21-15)20-13-4-2-3-5-13/h6-8,10,13,16,20-21,23H,2-5,9H2,1H3. The Morgan fingerprint density at radius 2 is 2.12 bits per heavy atom. The molecule has 2 unspecified atom stereocenters. The molecule has 3 N–H and O–H groups in total. The molecule has 1 fully saturated rings. The van der Waals surface area contributed by atoms with Gasteiger partial charge in [-0.3, -0.25) is 4.99 Å². The fourth-order valence-corrected chi connectivity index (χ4v) is 4.67. The smallest absolute Gasteiger partial charge is 0.126 e. The lowest BCUT2D eigenvalue weighted by atomic mass is 10.2. The molecule has 4 rings (SSSR count). The highest BCUT2D eigenvalue weighted by Gasteiger charge is 2.25. The minimum Gasteiger partial charge on any atom is -0.391 e. The highest BCUT2D eigenvalue weighted by Crippen LogP contribution is 2.32. The van der Waals surface area contributed by atoms with Gasteiger partial charge >= 0.3 is 0 Å². The summed E-state index contributed by atoms with van der Waals surface area (Å²) in [5, 5.41) is 15.0. The summed E-state index contributed by atoms with van der Waals surface area (Å²) < 4.78 is 14.0. The molecular formula is C18H22FN3OS. The third kappa shape index (κ3) is 3.05. The first kappa shape index (κ1) is 16.0. The number of H-pyrrole nitrogens is 1. The van der Waals surface area contributed by atoms with Crippen molar-refractivity contribution in [3.63, 3.8) is 0 Å². The van der Waals surface area contributed by atoms with Gasteiger partial charge in [0.25, 0.3) is 0 Å². The number of rotatable bonds is 4. The molecule has 128 valence electrons. The van der Waals surface area contributed by atoms with Crippen molar-refractivity contribution in [2.45, 2.75) is 50.8 Å². The van der Waals surface area contributed by atoms with Gasteiger partial charge in [0.1, 0.15) is 10.9 Å². The fraction of sp³-hybridized carbons (Fsp3) is 0.500. The minimum absolute atomic E-state index is 0.0655. The van der Waals surface area contributed by atoms with Crippen molar-refractivity contribution in [1.29, 1.82) is 0 Å². The molecule has 2 aliphatic rings. The summed E-state index contributed by atoms with van der Waals surface area (Å²) in [6.45, 7) is 1.77. The fourth-order valence-electron chi connectivity index (χ4n) is 3.51. The van der Waals surface area contributed by atoms with Crippen LogP contribution < -0.4 is 5.32 Å². The molecule has 24 heavy (non-hydrogen) atoms. The molecule has 1 aliphatic heterocycles. The SMILES string of the molecule is CC(O)C1CSC(c2cc3cc(F)cc(NC4CCCC4)c3[nH]2)=N1. The van der Waals surface area contributed by atoms with Crippen molar-refractivity contribution >= 4 is 33.4 Å². The highest BCUT2D eigenvalue weighted by molar-refractivity contribution is 8.14. The summed E-state index contributed by atoms with van der Waals surface area (Å²) in [5.74, 6) is 0.556. The van der Waals surface area contributed by atoms with E-state index in [9.17, 15) is 9.50 Å². The van der Waals surface area contributed by atoms with E-state index in [1.54, 1.807) is 30.8 Å². The normalized spacial score (nSPS) is 23.0. The number of hydrogen-bond donors (Lipinski definition) is 3. The molecule has 1 saturated carbocycles. The van der Waals surface area contributed by atoms with Crippen LogP contribution in [0, 0.1) is 5.82 Å². The molecule has 0 bridgehead atoms. The number of benzene rings is 1. The largest absolute Gasteiger partial charge is 0.391 e. The van der Waals surface area contributed by atoms with Gasteiger partial charge in [-0.2, -0.15) is 0 Å². The van der Waals surface area contributed by atoms with Crippen LogP contribution in [0.1, 0.15) is 38.3 Å². The lowest BCUT2D eigenvalue weighted by molar-refractivity contribution is 0.174. The molecule has 1 aromatic heterocycles. The first-order chi connectivity index (χ1) is 11.6. The maximum Gasteiger partial charge on any atom is 0.126 e. The van der Waals surface area contributed by atoms with Crippen molar-refractivity contribution in [3.8, 4) is 0 Å². The van der Waals surface area contributed by atoms with Crippen LogP contribution in [0.3, 0.4) is 0 Å². The van der Waals surface area contributed by atoms with E-state index >= 15 is 0 Å². The summed E-state index contributed by atoms with van der Waals surface area (Å²) in [6.07, 6.45) is 4.31. The van der Waals surface area contributed by atoms with Crippen LogP contribution in [-0.4, -0.2) is 39.1 Å². The van der Waals surface area contributed by atoms with Crippen LogP contribution in [0.4, 0.5) is 10.1 Å². The maximum absolute atomic E-state index is 14.0. The number of nitrogens with one attached hydrogen (secondary N) is 2. The Labute approximate surface area is 144 Å². The summed E-state index contributed by atoms with van der Waals surface area (Å²) in [6, 6.07) is 5.45. The second-order valence-corrected chi connectivity index (χ2v) is 7.79. The number of thioether (sulfide) groups is 1. The predicted octanol–water partition coefficient (Wildman–Crippen LogP) is 3.90. The zero-order valence-corrected chi connectivity index (χ0v) is 14.5. The molecule has 1 aromatic carbocycles. The van der Waals surface area contributed by atoms with E-state index in [1.807, 2.05) is 6.07 Å². The van der Waals surface area contributed by atoms with E-state index in [4.69, 9.17) is 0 Å². The molecular weight excluding hydrogens is 325 g/mol. The van der Waals surface area contributed by atoms with E-state index in [2.05, 4.69) is 15.3 Å². The first-order valence-corrected chi connectivity index (χ1v) is 9.56. The van der Waals surface area contributed by atoms with E-state index < -0.39 is 6.10 Å². The Balaban J connectivity index is 1.68. The number of aliphatic imine (C=N–C) groups is 1. The zero-order chi connectivity index (χ0) is 16.7. The van der Waals surface area contributed by atoms with E-state index in [0.717, 1.165) is 45.9 Å². The van der Waals surface area contributed by atoms with Gasteiger partial charge in [0.05, 0.1) is 29.0 Å². The molecule has 4 nitrogen and oxygen atoms in total. The van der Waals surface area contributed by atoms with Crippen LogP contribution in [0.15, 0.2) is 23.2 Å². The Kier molecular flexibility index (Phi) is 4.26. The number of halogens is 1. The number of anilines is 1. The average molecular weight is 347 g/mol. The Morgan fingerprint density at radius 1 is 1.33 bits per heavy atom. The number of fused-ring (bicyclic) bond motifs is 1. The highest BCUT2D eigenvalue weighted by atomic mass is 32.2. The van der Waals surface area contributed by atoms with Gasteiger partial charge < -0.3 is 15.4 Å². The third-order valence-electron chi connectivity index (χ3n) is 4.87. The van der Waals surface area contributed by atoms with Crippen molar-refractivity contribution in [2.24, 2.45) is 4.99 Å². The number of aromatic amines is 1. The van der Waals surface area contributed by atoms with Crippen LogP contribution in [0.2, 0.25) is 0 Å². The molecule has 0 saturated heterocycles. The quantitative estimate of drug-likeness (QED) is 0.786. The minimum atomic E-state index is -0.448. The van der Waals surface area contributed by atoms with Gasteiger partial charge in [0, 0.05) is 17.2 Å². The molecule has 2 heterocycles. The van der Waals surface area contributed by atoms with Gasteiger partial charge in [-0.15, -0.1) is 11.8 Å². The summed E-state index contributed by atoms with van der Waals surface area (Å²) >= 11 is 1.63. The van der Waals surface area contributed by atoms with Crippen molar-refractivity contribution in [2.75, 3.05) is 11.1 Å². The molecule has 2 aromatic rings. The Hall–Kier alpha value is -1.53. The van der Waals surface area contributed by atoms with Crippen molar-refractivity contribution in [1.82, 2.24) is 4.98 Å². The zero-order valence-electron chi connectivity index (χ0n) is 13.7. The van der Waals surface area contributed by atoms with Gasteiger partial charge in [-0.05, 0) is 38.0 Å². The average Bonchev–Trinajstić information content (AvgIpc) is 3.26. The molecule has 6 heteroatoms. The number of hydrogen-bond acceptors (Lipinski definition) is 4. The van der Waals surface area contributed by atoms with Crippen LogP contribution in [-0.2, 0) is 0 Å². The predicted molar refractivity (Wildman–Crippen MR) is 98.6 cm³/mol. The summed E-state index contributed by atoms with van der Waals surface area (Å²) in [5.41, 5.74) is 2.67. The lowest BCUT2D eigenvalue weighted by Crippen LogP contribution is -2.20. The lowest BCUT2D eigenvalue weighted by Gasteiger charge is -2.14. The molecule has 2 atom stereocenters. The van der Waals surface area contributed by atoms with Gasteiger partial charge in [0.2, 0.25) is 0 Å². The number of aliphatic hydroxyl groups is 1. The van der Waals surface area contributed by atoms with E-state index in [0.29, 0.717) is 6.04 Å². The Morgan fingerprint density at radius 3 is 2.83 bits per heavy atom. The van der Waals surface area contributed by atoms with Gasteiger partial charge in [-0.1, -0.05) is 12.8 Å². The molecule has 0 spiro atoms. The van der Waals surface area contributed by atoms with Gasteiger partial charge in [0.15, 0.2) is 0 Å². The summed E-state index contributed by atoms with van der Waals surface area (Å²) in [4.78, 5) is 8.00. The van der Waals surface area contributed by atoms with Crippen LogP contribution >= 0.6 is 11.8 Å².